The van der Waals surface area contributed by atoms with E-state index in [-0.39, 0.29) is 5.38 Å². The zero-order valence-electron chi connectivity index (χ0n) is 9.34. The minimum atomic E-state index is -0.859. The molecule has 0 radical (unpaired) electrons. The summed E-state index contributed by atoms with van der Waals surface area (Å²) < 4.78 is 25.8. The summed E-state index contributed by atoms with van der Waals surface area (Å²) in [6.07, 6.45) is 0.416. The highest BCUT2D eigenvalue weighted by atomic mass is 35.5. The summed E-state index contributed by atoms with van der Waals surface area (Å²) in [5, 5.41) is 0.275. The Morgan fingerprint density at radius 1 is 1.00 bits per heavy atom. The maximum absolute atomic E-state index is 13.1. The fraction of sp³-hybridized carbons (Fsp3) is 0.143. The minimum absolute atomic E-state index is 0.325. The average molecular weight is 287 g/mol. The van der Waals surface area contributed by atoms with Gasteiger partial charge in [-0.2, -0.15) is 0 Å². The number of rotatable bonds is 3. The Labute approximate surface area is 114 Å². The quantitative estimate of drug-likeness (QED) is 0.685. The number of halogens is 4. The zero-order chi connectivity index (χ0) is 13.1. The third-order valence-corrected chi connectivity index (χ3v) is 3.25. The first-order chi connectivity index (χ1) is 8.56. The molecule has 0 heterocycles. The molecule has 0 aromatic heterocycles. The van der Waals surface area contributed by atoms with Crippen molar-refractivity contribution >= 4 is 23.2 Å². The van der Waals surface area contributed by atoms with Crippen LogP contribution in [0.5, 0.6) is 0 Å². The van der Waals surface area contributed by atoms with Gasteiger partial charge in [-0.05, 0) is 41.8 Å². The normalized spacial score (nSPS) is 12.4. The molecule has 0 amide bonds. The van der Waals surface area contributed by atoms with Crippen LogP contribution < -0.4 is 0 Å². The highest BCUT2D eigenvalue weighted by molar-refractivity contribution is 6.30. The standard InChI is InChI=1S/C14H10Cl2F2/c15-11-3-1-2-10(8-11)12(16)6-9-4-5-13(17)14(18)7-9/h1-5,7-8,12H,6H2. The van der Waals surface area contributed by atoms with Crippen molar-refractivity contribution in [2.45, 2.75) is 11.8 Å². The lowest BCUT2D eigenvalue weighted by molar-refractivity contribution is 0.507. The van der Waals surface area contributed by atoms with Gasteiger partial charge in [0.1, 0.15) is 0 Å². The van der Waals surface area contributed by atoms with Gasteiger partial charge in [0, 0.05) is 5.02 Å². The maximum atomic E-state index is 13.1. The molecule has 94 valence electrons. The van der Waals surface area contributed by atoms with Crippen LogP contribution >= 0.6 is 23.2 Å². The highest BCUT2D eigenvalue weighted by Crippen LogP contribution is 2.27. The van der Waals surface area contributed by atoms with E-state index in [1.54, 1.807) is 18.2 Å². The molecule has 18 heavy (non-hydrogen) atoms. The summed E-state index contributed by atoms with van der Waals surface area (Å²) in [6.45, 7) is 0. The smallest absolute Gasteiger partial charge is 0.159 e. The van der Waals surface area contributed by atoms with Gasteiger partial charge in [0.15, 0.2) is 11.6 Å². The molecule has 1 atom stereocenters. The van der Waals surface area contributed by atoms with Gasteiger partial charge < -0.3 is 0 Å². The minimum Gasteiger partial charge on any atom is -0.204 e. The predicted octanol–water partition coefficient (Wildman–Crippen LogP) is 5.14. The van der Waals surface area contributed by atoms with Crippen molar-refractivity contribution in [3.8, 4) is 0 Å². The Balaban J connectivity index is 2.16. The first-order valence-electron chi connectivity index (χ1n) is 5.40. The Kier molecular flexibility index (Phi) is 4.20. The average Bonchev–Trinajstić information content (AvgIpc) is 2.34. The van der Waals surface area contributed by atoms with Gasteiger partial charge in [-0.3, -0.25) is 0 Å². The second-order valence-electron chi connectivity index (χ2n) is 3.98. The molecular formula is C14H10Cl2F2. The molecule has 0 fully saturated rings. The molecule has 0 aliphatic heterocycles. The molecule has 0 nitrogen and oxygen atoms in total. The Morgan fingerprint density at radius 2 is 1.78 bits per heavy atom. The molecule has 2 aromatic carbocycles. The number of benzene rings is 2. The molecule has 0 saturated heterocycles. The van der Waals surface area contributed by atoms with Crippen LogP contribution in [-0.2, 0) is 6.42 Å². The van der Waals surface area contributed by atoms with Crippen molar-refractivity contribution in [3.05, 3.63) is 70.2 Å². The van der Waals surface area contributed by atoms with Crippen molar-refractivity contribution in [3.63, 3.8) is 0 Å². The summed E-state index contributed by atoms with van der Waals surface area (Å²) in [6, 6.07) is 11.0. The molecule has 1 unspecified atom stereocenters. The molecule has 0 aliphatic carbocycles. The molecule has 0 aliphatic rings. The van der Waals surface area contributed by atoms with Gasteiger partial charge in [-0.25, -0.2) is 8.78 Å². The molecule has 4 heteroatoms. The van der Waals surface area contributed by atoms with Gasteiger partial charge in [0.25, 0.3) is 0 Å². The number of alkyl halides is 1. The lowest BCUT2D eigenvalue weighted by Gasteiger charge is -2.10. The van der Waals surface area contributed by atoms with Gasteiger partial charge in [0.05, 0.1) is 5.38 Å². The van der Waals surface area contributed by atoms with Gasteiger partial charge in [-0.15, -0.1) is 11.6 Å². The van der Waals surface area contributed by atoms with E-state index in [9.17, 15) is 8.78 Å². The highest BCUT2D eigenvalue weighted by Gasteiger charge is 2.11. The Bertz CT molecular complexity index is 555. The zero-order valence-corrected chi connectivity index (χ0v) is 10.8. The van der Waals surface area contributed by atoms with E-state index in [2.05, 4.69) is 0 Å². The van der Waals surface area contributed by atoms with Crippen LogP contribution in [0, 0.1) is 11.6 Å². The van der Waals surface area contributed by atoms with Gasteiger partial charge in [0.2, 0.25) is 0 Å². The molecular weight excluding hydrogens is 277 g/mol. The van der Waals surface area contributed by atoms with Crippen LogP contribution in [0.15, 0.2) is 42.5 Å². The first kappa shape index (κ1) is 13.3. The maximum Gasteiger partial charge on any atom is 0.159 e. The van der Waals surface area contributed by atoms with E-state index in [1.807, 2.05) is 6.07 Å². The van der Waals surface area contributed by atoms with Crippen molar-refractivity contribution in [2.75, 3.05) is 0 Å². The molecule has 2 aromatic rings. The van der Waals surface area contributed by atoms with Gasteiger partial charge in [-0.1, -0.05) is 29.8 Å². The summed E-state index contributed by atoms with van der Waals surface area (Å²) in [4.78, 5) is 0. The van der Waals surface area contributed by atoms with Gasteiger partial charge >= 0.3 is 0 Å². The monoisotopic (exact) mass is 286 g/mol. The third kappa shape index (κ3) is 3.21. The summed E-state index contributed by atoms with van der Waals surface area (Å²) in [7, 11) is 0. The third-order valence-electron chi connectivity index (χ3n) is 2.61. The summed E-state index contributed by atoms with van der Waals surface area (Å²) in [5.74, 6) is -1.71. The van der Waals surface area contributed by atoms with Crippen LogP contribution in [0.2, 0.25) is 5.02 Å². The molecule has 0 N–H and O–H groups in total. The first-order valence-corrected chi connectivity index (χ1v) is 6.21. The van der Waals surface area contributed by atoms with Crippen LogP contribution in [0.1, 0.15) is 16.5 Å². The van der Waals surface area contributed by atoms with Crippen LogP contribution in [0.3, 0.4) is 0 Å². The lowest BCUT2D eigenvalue weighted by Crippen LogP contribution is -1.97. The van der Waals surface area contributed by atoms with Crippen LogP contribution in [0.25, 0.3) is 0 Å². The van der Waals surface area contributed by atoms with E-state index in [4.69, 9.17) is 23.2 Å². The predicted molar refractivity (Wildman–Crippen MR) is 70.1 cm³/mol. The van der Waals surface area contributed by atoms with Crippen LogP contribution in [-0.4, -0.2) is 0 Å². The number of hydrogen-bond acceptors (Lipinski definition) is 0. The molecule has 0 spiro atoms. The molecule has 0 bridgehead atoms. The van der Waals surface area contributed by atoms with Crippen molar-refractivity contribution < 1.29 is 8.78 Å². The Morgan fingerprint density at radius 3 is 2.44 bits per heavy atom. The largest absolute Gasteiger partial charge is 0.204 e. The van der Waals surface area contributed by atoms with Crippen LogP contribution in [0.4, 0.5) is 8.78 Å². The summed E-state index contributed by atoms with van der Waals surface area (Å²) in [5.41, 5.74) is 1.50. The van der Waals surface area contributed by atoms with E-state index in [1.165, 1.54) is 6.07 Å². The molecule has 0 saturated carbocycles. The van der Waals surface area contributed by atoms with E-state index in [0.717, 1.165) is 17.7 Å². The lowest BCUT2D eigenvalue weighted by atomic mass is 10.0. The number of hydrogen-bond donors (Lipinski definition) is 0. The topological polar surface area (TPSA) is 0 Å². The van der Waals surface area contributed by atoms with E-state index >= 15 is 0 Å². The van der Waals surface area contributed by atoms with Crippen molar-refractivity contribution in [1.82, 2.24) is 0 Å². The van der Waals surface area contributed by atoms with Crippen molar-refractivity contribution in [1.29, 1.82) is 0 Å². The SMILES string of the molecule is Fc1ccc(CC(Cl)c2cccc(Cl)c2)cc1F. The fourth-order valence-corrected chi connectivity index (χ4v) is 2.21. The van der Waals surface area contributed by atoms with E-state index in [0.29, 0.717) is 17.0 Å². The fourth-order valence-electron chi connectivity index (χ4n) is 1.69. The van der Waals surface area contributed by atoms with Crippen molar-refractivity contribution in [2.24, 2.45) is 0 Å². The second kappa shape index (κ2) is 5.68. The Hall–Kier alpha value is -1.12. The summed E-state index contributed by atoms with van der Waals surface area (Å²) >= 11 is 12.1. The second-order valence-corrected chi connectivity index (χ2v) is 4.94. The molecule has 2 rings (SSSR count). The van der Waals surface area contributed by atoms with E-state index < -0.39 is 11.6 Å².